The van der Waals surface area contributed by atoms with Crippen LogP contribution in [0.5, 0.6) is 11.5 Å². The molecule has 0 saturated heterocycles. The molecular weight excluding hydrogens is 332 g/mol. The zero-order chi connectivity index (χ0) is 20.1. The van der Waals surface area contributed by atoms with E-state index in [0.717, 1.165) is 25.0 Å². The monoisotopic (exact) mass is 372 g/mol. The summed E-state index contributed by atoms with van der Waals surface area (Å²) < 4.78 is 6.45. The highest BCUT2D eigenvalue weighted by molar-refractivity contribution is 5.41. The van der Waals surface area contributed by atoms with E-state index in [-0.39, 0.29) is 11.0 Å². The molecule has 0 amide bonds. The first-order valence-electron chi connectivity index (χ1n) is 10.8. The number of unbranched alkanes of at least 4 members (excludes halogenated alkanes) is 3. The van der Waals surface area contributed by atoms with Crippen molar-refractivity contribution in [1.29, 1.82) is 0 Å². The molecule has 0 fully saturated rings. The van der Waals surface area contributed by atoms with Gasteiger partial charge in [-0.25, -0.2) is 0 Å². The normalized spacial score (nSPS) is 18.3. The van der Waals surface area contributed by atoms with E-state index in [9.17, 15) is 5.11 Å². The van der Waals surface area contributed by atoms with Crippen molar-refractivity contribution in [1.82, 2.24) is 0 Å². The summed E-state index contributed by atoms with van der Waals surface area (Å²) in [4.78, 5) is 0. The molecule has 0 radical (unpaired) electrons. The van der Waals surface area contributed by atoms with Crippen LogP contribution in [0.15, 0.2) is 29.8 Å². The Kier molecular flexibility index (Phi) is 7.42. The Labute approximate surface area is 167 Å². The number of hydrogen-bond acceptors (Lipinski definition) is 2. The summed E-state index contributed by atoms with van der Waals surface area (Å²) >= 11 is 0. The average Bonchev–Trinajstić information content (AvgIpc) is 2.58. The van der Waals surface area contributed by atoms with Gasteiger partial charge in [0.25, 0.3) is 0 Å². The quantitative estimate of drug-likeness (QED) is 0.358. The second-order valence-corrected chi connectivity index (χ2v) is 9.64. The molecule has 0 bridgehead atoms. The number of benzene rings is 1. The summed E-state index contributed by atoms with van der Waals surface area (Å²) in [5.41, 5.74) is 2.46. The molecule has 1 aromatic rings. The molecule has 2 nitrogen and oxygen atoms in total. The second kappa shape index (κ2) is 9.17. The van der Waals surface area contributed by atoms with Gasteiger partial charge >= 0.3 is 0 Å². The van der Waals surface area contributed by atoms with Crippen molar-refractivity contribution in [2.24, 2.45) is 5.92 Å². The summed E-state index contributed by atoms with van der Waals surface area (Å²) in [6.07, 6.45) is 12.0. The van der Waals surface area contributed by atoms with Gasteiger partial charge in [-0.1, -0.05) is 58.1 Å². The van der Waals surface area contributed by atoms with Gasteiger partial charge in [-0.05, 0) is 69.6 Å². The minimum atomic E-state index is -0.243. The van der Waals surface area contributed by atoms with E-state index < -0.39 is 0 Å². The third kappa shape index (κ3) is 6.30. The van der Waals surface area contributed by atoms with Gasteiger partial charge in [-0.3, -0.25) is 0 Å². The van der Waals surface area contributed by atoms with Crippen LogP contribution >= 0.6 is 0 Å². The van der Waals surface area contributed by atoms with E-state index in [1.165, 1.54) is 43.2 Å². The number of hydrogen-bond donors (Lipinski definition) is 1. The highest BCUT2D eigenvalue weighted by atomic mass is 16.5. The van der Waals surface area contributed by atoms with Gasteiger partial charge in [0, 0.05) is 12.0 Å². The van der Waals surface area contributed by atoms with Gasteiger partial charge in [0.05, 0.1) is 0 Å². The Morgan fingerprint density at radius 2 is 1.81 bits per heavy atom. The largest absolute Gasteiger partial charge is 0.508 e. The van der Waals surface area contributed by atoms with E-state index in [4.69, 9.17) is 4.74 Å². The number of ether oxygens (including phenoxy) is 1. The topological polar surface area (TPSA) is 29.5 Å². The van der Waals surface area contributed by atoms with Crippen LogP contribution < -0.4 is 4.74 Å². The summed E-state index contributed by atoms with van der Waals surface area (Å²) in [5.74, 6) is 1.61. The molecule has 1 aliphatic rings. The Balaban J connectivity index is 2.11. The average molecular weight is 373 g/mol. The molecular formula is C25H40O2. The van der Waals surface area contributed by atoms with Gasteiger partial charge in [-0.2, -0.15) is 0 Å². The molecule has 27 heavy (non-hydrogen) atoms. The lowest BCUT2D eigenvalue weighted by Crippen LogP contribution is -2.38. The molecule has 0 unspecified atom stereocenters. The van der Waals surface area contributed by atoms with Crippen LogP contribution in [-0.4, -0.2) is 10.7 Å². The van der Waals surface area contributed by atoms with Gasteiger partial charge in [-0.15, -0.1) is 0 Å². The molecule has 0 aromatic heterocycles. The second-order valence-electron chi connectivity index (χ2n) is 9.64. The van der Waals surface area contributed by atoms with Crippen molar-refractivity contribution in [2.75, 3.05) is 0 Å². The molecule has 152 valence electrons. The molecule has 1 aromatic carbocycles. The molecule has 1 N–H and O–H groups in total. The standard InChI is InChI=1S/C25H40O2/c1-7-8-9-10-15-24(3,4)21-16-22(26)18-23(17-21)27-25(5,6)20-13-11-19(2)12-14-20/h11,16-18,20,26H,7-10,12-15H2,1-6H3/t20-/m0/s1. The predicted octanol–water partition coefficient (Wildman–Crippen LogP) is 7.54. The maximum atomic E-state index is 10.3. The zero-order valence-corrected chi connectivity index (χ0v) is 18.4. The minimum Gasteiger partial charge on any atom is -0.508 e. The molecule has 0 saturated carbocycles. The van der Waals surface area contributed by atoms with Gasteiger partial charge in [0.2, 0.25) is 0 Å². The van der Waals surface area contributed by atoms with Crippen LogP contribution in [0.2, 0.25) is 0 Å². The van der Waals surface area contributed by atoms with Gasteiger partial charge < -0.3 is 9.84 Å². The smallest absolute Gasteiger partial charge is 0.124 e. The number of rotatable bonds is 9. The van der Waals surface area contributed by atoms with Crippen LogP contribution in [0, 0.1) is 5.92 Å². The maximum absolute atomic E-state index is 10.3. The van der Waals surface area contributed by atoms with Gasteiger partial charge in [0.15, 0.2) is 0 Å². The molecule has 0 heterocycles. The van der Waals surface area contributed by atoms with Crippen molar-refractivity contribution in [2.45, 2.75) is 104 Å². The fourth-order valence-corrected chi connectivity index (χ4v) is 4.15. The third-order valence-electron chi connectivity index (χ3n) is 6.33. The lowest BCUT2D eigenvalue weighted by Gasteiger charge is -2.37. The fourth-order valence-electron chi connectivity index (χ4n) is 4.15. The fraction of sp³-hybridized carbons (Fsp3) is 0.680. The first-order valence-corrected chi connectivity index (χ1v) is 10.8. The van der Waals surface area contributed by atoms with E-state index >= 15 is 0 Å². The zero-order valence-electron chi connectivity index (χ0n) is 18.4. The van der Waals surface area contributed by atoms with Crippen molar-refractivity contribution < 1.29 is 9.84 Å². The van der Waals surface area contributed by atoms with E-state index in [1.54, 1.807) is 6.07 Å². The summed E-state index contributed by atoms with van der Waals surface area (Å²) in [5, 5.41) is 10.3. The van der Waals surface area contributed by atoms with Crippen molar-refractivity contribution in [3.63, 3.8) is 0 Å². The molecule has 0 spiro atoms. The Bertz CT molecular complexity index is 640. The minimum absolute atomic E-state index is 0.0411. The summed E-state index contributed by atoms with van der Waals surface area (Å²) in [7, 11) is 0. The Morgan fingerprint density at radius 3 is 2.44 bits per heavy atom. The summed E-state index contributed by atoms with van der Waals surface area (Å²) in [6, 6.07) is 5.82. The Morgan fingerprint density at radius 1 is 1.07 bits per heavy atom. The lowest BCUT2D eigenvalue weighted by atomic mass is 9.79. The Hall–Kier alpha value is -1.44. The molecule has 1 atom stereocenters. The third-order valence-corrected chi connectivity index (χ3v) is 6.33. The number of phenolic OH excluding ortho intramolecular Hbond substituents is 1. The van der Waals surface area contributed by atoms with E-state index in [1.807, 2.05) is 6.07 Å². The van der Waals surface area contributed by atoms with Crippen molar-refractivity contribution in [3.05, 3.63) is 35.4 Å². The van der Waals surface area contributed by atoms with Crippen molar-refractivity contribution >= 4 is 0 Å². The molecule has 1 aliphatic carbocycles. The first kappa shape index (κ1) is 21.9. The predicted molar refractivity (Wildman–Crippen MR) is 116 cm³/mol. The summed E-state index contributed by atoms with van der Waals surface area (Å²) in [6.45, 7) is 13.4. The van der Waals surface area contributed by atoms with Crippen LogP contribution in [0.1, 0.15) is 98.5 Å². The van der Waals surface area contributed by atoms with E-state index in [2.05, 4.69) is 53.7 Å². The molecule has 2 rings (SSSR count). The lowest BCUT2D eigenvalue weighted by molar-refractivity contribution is 0.0380. The number of phenols is 1. The van der Waals surface area contributed by atoms with Crippen LogP contribution in [0.25, 0.3) is 0 Å². The first-order chi connectivity index (χ1) is 12.6. The maximum Gasteiger partial charge on any atom is 0.124 e. The highest BCUT2D eigenvalue weighted by Crippen LogP contribution is 2.38. The van der Waals surface area contributed by atoms with Crippen LogP contribution in [0.3, 0.4) is 0 Å². The van der Waals surface area contributed by atoms with E-state index in [0.29, 0.717) is 11.7 Å². The highest BCUT2D eigenvalue weighted by Gasteiger charge is 2.32. The molecule has 0 aliphatic heterocycles. The number of aromatic hydroxyl groups is 1. The van der Waals surface area contributed by atoms with Gasteiger partial charge in [0.1, 0.15) is 17.1 Å². The number of allylic oxidation sites excluding steroid dienone is 2. The van der Waals surface area contributed by atoms with Crippen LogP contribution in [-0.2, 0) is 5.41 Å². The van der Waals surface area contributed by atoms with Crippen molar-refractivity contribution in [3.8, 4) is 11.5 Å². The SMILES string of the molecule is CCCCCCC(C)(C)c1cc(O)cc(OC(C)(C)[C@H]2CC=C(C)CC2)c1. The molecule has 2 heteroatoms. The van der Waals surface area contributed by atoms with Crippen LogP contribution in [0.4, 0.5) is 0 Å².